The van der Waals surface area contributed by atoms with E-state index in [-0.39, 0.29) is 17.9 Å². The van der Waals surface area contributed by atoms with Gasteiger partial charge in [0, 0.05) is 49.9 Å². The molecule has 1 atom stereocenters. The summed E-state index contributed by atoms with van der Waals surface area (Å²) >= 11 is 5.88. The van der Waals surface area contributed by atoms with Gasteiger partial charge in [-0.1, -0.05) is 23.7 Å². The van der Waals surface area contributed by atoms with Gasteiger partial charge in [0.2, 0.25) is 0 Å². The Hall–Kier alpha value is -3.73. The number of piperazine rings is 1. The Bertz CT molecular complexity index is 1640. The van der Waals surface area contributed by atoms with E-state index in [1.807, 2.05) is 51.1 Å². The van der Waals surface area contributed by atoms with Gasteiger partial charge < -0.3 is 24.3 Å². The maximum atomic E-state index is 14.2. The number of aromatic nitrogens is 3. The number of halogens is 2. The largest absolute Gasteiger partial charge is 0.456 e. The summed E-state index contributed by atoms with van der Waals surface area (Å²) in [5.41, 5.74) is 2.27. The number of esters is 1. The predicted octanol–water partition coefficient (Wildman–Crippen LogP) is 5.90. The third kappa shape index (κ3) is 7.14. The van der Waals surface area contributed by atoms with Crippen LogP contribution < -0.4 is 10.2 Å². The van der Waals surface area contributed by atoms with Gasteiger partial charge in [0.25, 0.3) is 0 Å². The van der Waals surface area contributed by atoms with Gasteiger partial charge in [-0.3, -0.25) is 4.90 Å². The fraction of sp³-hybridized carbons (Fsp3) is 0.424. The molecule has 2 aliphatic rings. The summed E-state index contributed by atoms with van der Waals surface area (Å²) in [6, 6.07) is 16.1. The van der Waals surface area contributed by atoms with Crippen LogP contribution in [0.3, 0.4) is 0 Å². The predicted molar refractivity (Wildman–Crippen MR) is 170 cm³/mol. The molecule has 2 aliphatic heterocycles. The lowest BCUT2D eigenvalue weighted by Crippen LogP contribution is -2.46. The van der Waals surface area contributed by atoms with Crippen LogP contribution in [0.5, 0.6) is 0 Å². The third-order valence-electron chi connectivity index (χ3n) is 7.91. The second-order valence-electron chi connectivity index (χ2n) is 12.4. The molecule has 232 valence electrons. The number of ether oxygens (including phenoxy) is 2. The first-order chi connectivity index (χ1) is 21.1. The standard InChI is InChI=1S/C33H38ClFN6O3/c1-33(2,3)44-32(42)22-8-10-27-28(17-22)41(20-25-11-16-43-25)31(37-27)21-39-12-14-40(15-13-39)30-6-4-5-29(38-30)36-19-23-7-9-24(34)18-26(23)35/h4-10,17-18,25H,11-16,19-21H2,1-3H3,(H,36,38). The highest BCUT2D eigenvalue weighted by Gasteiger charge is 2.26. The summed E-state index contributed by atoms with van der Waals surface area (Å²) in [5.74, 6) is 1.86. The van der Waals surface area contributed by atoms with E-state index >= 15 is 0 Å². The average molecular weight is 621 g/mol. The number of benzene rings is 2. The number of hydrogen-bond donors (Lipinski definition) is 1. The topological polar surface area (TPSA) is 84.8 Å². The Morgan fingerprint density at radius 3 is 2.59 bits per heavy atom. The first kappa shape index (κ1) is 30.3. The van der Waals surface area contributed by atoms with E-state index in [4.69, 9.17) is 31.0 Å². The monoisotopic (exact) mass is 620 g/mol. The molecule has 4 heterocycles. The van der Waals surface area contributed by atoms with Crippen molar-refractivity contribution in [2.45, 2.75) is 58.5 Å². The van der Waals surface area contributed by atoms with Crippen LogP contribution in [0.25, 0.3) is 11.0 Å². The van der Waals surface area contributed by atoms with Gasteiger partial charge in [-0.15, -0.1) is 0 Å². The van der Waals surface area contributed by atoms with E-state index in [1.165, 1.54) is 6.07 Å². The lowest BCUT2D eigenvalue weighted by Gasteiger charge is -2.35. The number of nitrogens with zero attached hydrogens (tertiary/aromatic N) is 5. The number of hydrogen-bond acceptors (Lipinski definition) is 8. The first-order valence-electron chi connectivity index (χ1n) is 15.1. The fourth-order valence-corrected chi connectivity index (χ4v) is 5.64. The Morgan fingerprint density at radius 1 is 1.09 bits per heavy atom. The van der Waals surface area contributed by atoms with Crippen LogP contribution in [0.15, 0.2) is 54.6 Å². The first-order valence-corrected chi connectivity index (χ1v) is 15.5. The van der Waals surface area contributed by atoms with Crippen LogP contribution in [0.4, 0.5) is 16.0 Å². The molecule has 2 saturated heterocycles. The molecular formula is C33H38ClFN6O3. The molecule has 9 nitrogen and oxygen atoms in total. The molecule has 0 saturated carbocycles. The van der Waals surface area contributed by atoms with Crippen molar-refractivity contribution in [3.05, 3.63) is 82.4 Å². The quantitative estimate of drug-likeness (QED) is 0.232. The molecular weight excluding hydrogens is 583 g/mol. The maximum absolute atomic E-state index is 14.2. The molecule has 0 bridgehead atoms. The molecule has 6 rings (SSSR count). The summed E-state index contributed by atoms with van der Waals surface area (Å²) in [6.45, 7) is 11.4. The molecule has 2 fully saturated rings. The van der Waals surface area contributed by atoms with E-state index in [0.29, 0.717) is 41.6 Å². The van der Waals surface area contributed by atoms with Crippen molar-refractivity contribution in [3.63, 3.8) is 0 Å². The molecule has 0 aliphatic carbocycles. The van der Waals surface area contributed by atoms with Crippen LogP contribution >= 0.6 is 11.6 Å². The lowest BCUT2D eigenvalue weighted by molar-refractivity contribution is -0.0592. The molecule has 0 radical (unpaired) electrons. The van der Waals surface area contributed by atoms with Crippen LogP contribution in [0, 0.1) is 5.82 Å². The molecule has 1 unspecified atom stereocenters. The number of fused-ring (bicyclic) bond motifs is 1. The van der Waals surface area contributed by atoms with E-state index < -0.39 is 5.60 Å². The van der Waals surface area contributed by atoms with Crippen LogP contribution in [-0.2, 0) is 29.1 Å². The van der Waals surface area contributed by atoms with E-state index in [1.54, 1.807) is 18.2 Å². The van der Waals surface area contributed by atoms with Gasteiger partial charge in [0.1, 0.15) is 28.9 Å². The van der Waals surface area contributed by atoms with E-state index in [0.717, 1.165) is 61.9 Å². The Balaban J connectivity index is 1.12. The maximum Gasteiger partial charge on any atom is 0.338 e. The molecule has 0 amide bonds. The van der Waals surface area contributed by atoms with Crippen LogP contribution in [0.1, 0.15) is 48.9 Å². The fourth-order valence-electron chi connectivity index (χ4n) is 5.48. The third-order valence-corrected chi connectivity index (χ3v) is 8.15. The highest BCUT2D eigenvalue weighted by atomic mass is 35.5. The normalized spacial score (nSPS) is 17.5. The van der Waals surface area contributed by atoms with Crippen molar-refractivity contribution in [1.29, 1.82) is 0 Å². The van der Waals surface area contributed by atoms with Crippen molar-refractivity contribution in [1.82, 2.24) is 19.4 Å². The van der Waals surface area contributed by atoms with Crippen molar-refractivity contribution in [2.75, 3.05) is 43.0 Å². The van der Waals surface area contributed by atoms with Crippen LogP contribution in [-0.4, -0.2) is 69.9 Å². The number of anilines is 2. The van der Waals surface area contributed by atoms with E-state index in [9.17, 15) is 9.18 Å². The zero-order valence-corrected chi connectivity index (χ0v) is 26.1. The molecule has 2 aromatic heterocycles. The van der Waals surface area contributed by atoms with Crippen molar-refractivity contribution < 1.29 is 18.7 Å². The Morgan fingerprint density at radius 2 is 1.89 bits per heavy atom. The summed E-state index contributed by atoms with van der Waals surface area (Å²) in [6.07, 6.45) is 1.16. The van der Waals surface area contributed by atoms with Gasteiger partial charge in [-0.25, -0.2) is 19.2 Å². The molecule has 44 heavy (non-hydrogen) atoms. The smallest absolute Gasteiger partial charge is 0.338 e. The second-order valence-corrected chi connectivity index (χ2v) is 12.8. The summed E-state index contributed by atoms with van der Waals surface area (Å²) in [5, 5.41) is 3.60. The molecule has 2 aromatic carbocycles. The van der Waals surface area contributed by atoms with Gasteiger partial charge in [-0.2, -0.15) is 0 Å². The van der Waals surface area contributed by atoms with Gasteiger partial charge in [0.05, 0.1) is 35.8 Å². The summed E-state index contributed by atoms with van der Waals surface area (Å²) < 4.78 is 27.8. The Labute approximate surface area is 261 Å². The number of nitrogens with one attached hydrogen (secondary N) is 1. The second kappa shape index (κ2) is 12.7. The van der Waals surface area contributed by atoms with Crippen molar-refractivity contribution in [3.8, 4) is 0 Å². The van der Waals surface area contributed by atoms with Gasteiger partial charge in [-0.05, 0) is 69.7 Å². The highest BCUT2D eigenvalue weighted by Crippen LogP contribution is 2.25. The minimum atomic E-state index is -0.566. The molecule has 4 aromatic rings. The molecule has 1 N–H and O–H groups in total. The van der Waals surface area contributed by atoms with Gasteiger partial charge >= 0.3 is 5.97 Å². The van der Waals surface area contributed by atoms with Crippen molar-refractivity contribution >= 4 is 40.2 Å². The average Bonchev–Trinajstić information content (AvgIpc) is 3.30. The SMILES string of the molecule is CC(C)(C)OC(=O)c1ccc2nc(CN3CCN(c4cccc(NCc5ccc(Cl)cc5F)n4)CC3)n(CC3CCO3)c2c1. The van der Waals surface area contributed by atoms with Gasteiger partial charge in [0.15, 0.2) is 0 Å². The molecule has 0 spiro atoms. The highest BCUT2D eigenvalue weighted by molar-refractivity contribution is 6.30. The van der Waals surface area contributed by atoms with E-state index in [2.05, 4.69) is 19.7 Å². The van der Waals surface area contributed by atoms with Crippen LogP contribution in [0.2, 0.25) is 5.02 Å². The number of carbonyl (C=O) groups is 1. The van der Waals surface area contributed by atoms with Crippen molar-refractivity contribution in [2.24, 2.45) is 0 Å². The number of rotatable bonds is 9. The Kier molecular flexibility index (Phi) is 8.75. The number of carbonyl (C=O) groups excluding carboxylic acids is 1. The lowest BCUT2D eigenvalue weighted by atomic mass is 10.1. The zero-order valence-electron chi connectivity index (χ0n) is 25.4. The minimum absolute atomic E-state index is 0.149. The minimum Gasteiger partial charge on any atom is -0.456 e. The summed E-state index contributed by atoms with van der Waals surface area (Å²) in [7, 11) is 0. The number of imidazole rings is 1. The summed E-state index contributed by atoms with van der Waals surface area (Å²) in [4.78, 5) is 27.2. The molecule has 11 heteroatoms. The number of pyridine rings is 1. The zero-order chi connectivity index (χ0) is 30.8.